The molecule has 2 spiro atoms. The number of ether oxygens (including phenoxy) is 1. The Morgan fingerprint density at radius 2 is 1.52 bits per heavy atom. The quantitative estimate of drug-likeness (QED) is 0.172. The molecule has 6 nitrogen and oxygen atoms in total. The summed E-state index contributed by atoms with van der Waals surface area (Å²) in [5.41, 5.74) is -0.423. The molecule has 0 unspecified atom stereocenters. The molecule has 3 fully saturated rings. The lowest BCUT2D eigenvalue weighted by Crippen LogP contribution is -2.64. The average Bonchev–Trinajstić information content (AvgIpc) is 3.50. The lowest BCUT2D eigenvalue weighted by Gasteiger charge is -2.57. The fraction of sp³-hybridized carbons (Fsp3) is 0.342. The van der Waals surface area contributed by atoms with Gasteiger partial charge in [-0.2, -0.15) is 0 Å². The Labute approximate surface area is 287 Å². The van der Waals surface area contributed by atoms with Crippen molar-refractivity contribution in [3.05, 3.63) is 129 Å². The number of carbonyl (C=O) groups is 2. The van der Waals surface area contributed by atoms with E-state index in [0.29, 0.717) is 36.9 Å². The standard InChI is InChI=1S/C38H33Cl2F2N3O3/c1-36(2)14-16-37(17-15-36)38(24-19-26(41)25(39)20-27(24)44-35(38)47)28(23-13-18-43-33(40)29(23)42)31-34(46)48-32(22-11-7-4-8-12-22)30(45(31)37)21-9-5-3-6-10-21/h3-13,18-20,28,30-32H,14-17H2,1-2H3,(H,44,47)/t28-,30+,31+,32-,38-/m0/s1. The van der Waals surface area contributed by atoms with E-state index in [0.717, 1.165) is 11.1 Å². The molecule has 4 heterocycles. The predicted molar refractivity (Wildman–Crippen MR) is 179 cm³/mol. The monoisotopic (exact) mass is 687 g/mol. The van der Waals surface area contributed by atoms with Crippen LogP contribution in [-0.4, -0.2) is 33.3 Å². The van der Waals surface area contributed by atoms with E-state index in [4.69, 9.17) is 27.9 Å². The topological polar surface area (TPSA) is 71.5 Å². The number of cyclic esters (lactones) is 1. The molecule has 1 amide bonds. The van der Waals surface area contributed by atoms with Crippen molar-refractivity contribution in [2.24, 2.45) is 5.41 Å². The van der Waals surface area contributed by atoms with Gasteiger partial charge in [0.05, 0.1) is 11.1 Å². The average molecular weight is 689 g/mol. The molecule has 3 aliphatic heterocycles. The van der Waals surface area contributed by atoms with Gasteiger partial charge in [-0.05, 0) is 71.6 Å². The first-order chi connectivity index (χ1) is 23.0. The number of morpholine rings is 1. The first kappa shape index (κ1) is 31.4. The fourth-order valence-corrected chi connectivity index (χ4v) is 9.62. The van der Waals surface area contributed by atoms with E-state index in [1.165, 1.54) is 24.4 Å². The van der Waals surface area contributed by atoms with Crippen LogP contribution in [0.2, 0.25) is 10.2 Å². The second-order valence-corrected chi connectivity index (χ2v) is 15.0. The molecule has 4 aliphatic rings. The highest BCUT2D eigenvalue weighted by Gasteiger charge is 2.78. The Morgan fingerprint density at radius 1 is 0.875 bits per heavy atom. The Balaban J connectivity index is 1.50. The number of halogens is 4. The second-order valence-electron chi connectivity index (χ2n) is 14.2. The van der Waals surface area contributed by atoms with Gasteiger partial charge in [0, 0.05) is 23.3 Å². The number of benzene rings is 3. The van der Waals surface area contributed by atoms with Crippen molar-refractivity contribution >= 4 is 40.8 Å². The van der Waals surface area contributed by atoms with Gasteiger partial charge in [0.15, 0.2) is 11.0 Å². The van der Waals surface area contributed by atoms with Crippen molar-refractivity contribution in [3.8, 4) is 0 Å². The predicted octanol–water partition coefficient (Wildman–Crippen LogP) is 8.70. The van der Waals surface area contributed by atoms with Crippen LogP contribution >= 0.6 is 23.2 Å². The first-order valence-electron chi connectivity index (χ1n) is 16.2. The molecule has 2 saturated heterocycles. The number of anilines is 1. The maximum atomic E-state index is 16.5. The van der Waals surface area contributed by atoms with Crippen molar-refractivity contribution < 1.29 is 23.1 Å². The molecule has 1 aromatic heterocycles. The van der Waals surface area contributed by atoms with Gasteiger partial charge < -0.3 is 10.1 Å². The molecule has 8 rings (SSSR count). The Bertz CT molecular complexity index is 1950. The summed E-state index contributed by atoms with van der Waals surface area (Å²) in [5.74, 6) is -3.73. The number of amides is 1. The van der Waals surface area contributed by atoms with Gasteiger partial charge >= 0.3 is 5.97 Å². The summed E-state index contributed by atoms with van der Waals surface area (Å²) in [5, 5.41) is 2.47. The molecule has 10 heteroatoms. The highest BCUT2D eigenvalue weighted by Crippen LogP contribution is 2.71. The number of carbonyl (C=O) groups excluding carboxylic acids is 2. The van der Waals surface area contributed by atoms with E-state index in [-0.39, 0.29) is 21.2 Å². The van der Waals surface area contributed by atoms with Gasteiger partial charge in [0.1, 0.15) is 23.4 Å². The van der Waals surface area contributed by atoms with Crippen molar-refractivity contribution in [2.45, 2.75) is 74.6 Å². The van der Waals surface area contributed by atoms with Crippen LogP contribution in [0.3, 0.4) is 0 Å². The number of hydrogen-bond acceptors (Lipinski definition) is 5. The maximum Gasteiger partial charge on any atom is 0.324 e. The summed E-state index contributed by atoms with van der Waals surface area (Å²) in [6, 6.07) is 21.8. The molecule has 48 heavy (non-hydrogen) atoms. The Hall–Kier alpha value is -3.85. The lowest BCUT2D eigenvalue weighted by atomic mass is 9.53. The zero-order chi connectivity index (χ0) is 33.6. The van der Waals surface area contributed by atoms with Gasteiger partial charge in [-0.15, -0.1) is 0 Å². The Kier molecular flexibility index (Phi) is 7.26. The van der Waals surface area contributed by atoms with Crippen LogP contribution in [-0.2, 0) is 19.7 Å². The van der Waals surface area contributed by atoms with E-state index in [1.54, 1.807) is 0 Å². The third-order valence-corrected chi connectivity index (χ3v) is 11.9. The number of pyridine rings is 1. The van der Waals surface area contributed by atoms with Crippen molar-refractivity contribution in [2.75, 3.05) is 5.32 Å². The summed E-state index contributed by atoms with van der Waals surface area (Å²) in [6.45, 7) is 4.37. The number of rotatable bonds is 3. The van der Waals surface area contributed by atoms with Crippen LogP contribution in [0.5, 0.6) is 0 Å². The van der Waals surface area contributed by atoms with E-state index in [2.05, 4.69) is 29.0 Å². The van der Waals surface area contributed by atoms with Crippen molar-refractivity contribution in [1.29, 1.82) is 0 Å². The van der Waals surface area contributed by atoms with E-state index in [1.807, 2.05) is 60.7 Å². The van der Waals surface area contributed by atoms with Gasteiger partial charge in [-0.1, -0.05) is 97.7 Å². The molecule has 0 radical (unpaired) electrons. The van der Waals surface area contributed by atoms with Crippen LogP contribution in [0.4, 0.5) is 14.5 Å². The van der Waals surface area contributed by atoms with Gasteiger partial charge in [0.25, 0.3) is 0 Å². The molecule has 1 saturated carbocycles. The molecular formula is C38H33Cl2F2N3O3. The molecule has 1 N–H and O–H groups in total. The van der Waals surface area contributed by atoms with Crippen LogP contribution in [0.25, 0.3) is 0 Å². The summed E-state index contributed by atoms with van der Waals surface area (Å²) in [7, 11) is 0. The summed E-state index contributed by atoms with van der Waals surface area (Å²) >= 11 is 12.6. The highest BCUT2D eigenvalue weighted by molar-refractivity contribution is 6.31. The Morgan fingerprint density at radius 3 is 2.19 bits per heavy atom. The van der Waals surface area contributed by atoms with Crippen LogP contribution in [0.1, 0.15) is 79.8 Å². The molecule has 246 valence electrons. The molecular weight excluding hydrogens is 655 g/mol. The summed E-state index contributed by atoms with van der Waals surface area (Å²) < 4.78 is 38.6. The van der Waals surface area contributed by atoms with Gasteiger partial charge in [-0.25, -0.2) is 13.8 Å². The minimum atomic E-state index is -1.64. The summed E-state index contributed by atoms with van der Waals surface area (Å²) in [6.07, 6.45) is 2.98. The van der Waals surface area contributed by atoms with E-state index >= 15 is 13.6 Å². The third-order valence-electron chi connectivity index (χ3n) is 11.4. The normalized spacial score (nSPS) is 28.6. The minimum Gasteiger partial charge on any atom is -0.454 e. The molecule has 0 bridgehead atoms. The van der Waals surface area contributed by atoms with Crippen LogP contribution < -0.4 is 5.32 Å². The van der Waals surface area contributed by atoms with Crippen molar-refractivity contribution in [1.82, 2.24) is 9.88 Å². The molecule has 3 aromatic carbocycles. The third kappa shape index (κ3) is 4.28. The highest BCUT2D eigenvalue weighted by atomic mass is 35.5. The number of fused-ring (bicyclic) bond motifs is 5. The van der Waals surface area contributed by atoms with Gasteiger partial charge in [-0.3, -0.25) is 14.5 Å². The first-order valence-corrected chi connectivity index (χ1v) is 17.0. The fourth-order valence-electron chi connectivity index (χ4n) is 9.29. The largest absolute Gasteiger partial charge is 0.454 e. The number of hydrogen-bond donors (Lipinski definition) is 1. The minimum absolute atomic E-state index is 0.0481. The number of nitrogens with one attached hydrogen (secondary N) is 1. The van der Waals surface area contributed by atoms with Crippen molar-refractivity contribution in [3.63, 3.8) is 0 Å². The molecule has 5 atom stereocenters. The zero-order valence-corrected chi connectivity index (χ0v) is 27.9. The smallest absolute Gasteiger partial charge is 0.324 e. The zero-order valence-electron chi connectivity index (χ0n) is 26.4. The molecule has 1 aliphatic carbocycles. The SMILES string of the molecule is CC1(C)CCC2(CC1)N1[C@H](c3ccccc3)[C@H](c3ccccc3)OC(=O)[C@H]1[C@H](c1ccnc(Cl)c1F)[C@@]21C(=O)Nc2cc(Cl)c(F)cc21. The summed E-state index contributed by atoms with van der Waals surface area (Å²) in [4.78, 5) is 36.0. The number of nitrogens with zero attached hydrogens (tertiary/aromatic N) is 2. The maximum absolute atomic E-state index is 16.5. The van der Waals surface area contributed by atoms with Crippen LogP contribution in [0, 0.1) is 17.0 Å². The number of aromatic nitrogens is 1. The number of esters is 1. The van der Waals surface area contributed by atoms with E-state index < -0.39 is 58.6 Å². The van der Waals surface area contributed by atoms with Gasteiger partial charge in [0.2, 0.25) is 5.91 Å². The van der Waals surface area contributed by atoms with E-state index in [9.17, 15) is 4.79 Å². The second kappa shape index (κ2) is 11.1. The van der Waals surface area contributed by atoms with Crippen LogP contribution in [0.15, 0.2) is 85.1 Å². The lowest BCUT2D eigenvalue weighted by molar-refractivity contribution is -0.184. The molecule has 4 aromatic rings.